The van der Waals surface area contributed by atoms with E-state index in [1.54, 1.807) is 11.1 Å². The van der Waals surface area contributed by atoms with E-state index in [-0.39, 0.29) is 0 Å². The maximum Gasteiger partial charge on any atom is 0.00789 e. The Balaban J connectivity index is 2.25. The van der Waals surface area contributed by atoms with Gasteiger partial charge in [0.05, 0.1) is 0 Å². The molecule has 1 saturated carbocycles. The molecule has 2 aliphatic rings. The molecule has 2 unspecified atom stereocenters. The molecule has 1 fully saturated rings. The normalized spacial score (nSPS) is 41.8. The van der Waals surface area contributed by atoms with E-state index in [1.165, 1.54) is 25.7 Å². The average molecular weight is 165 g/mol. The first kappa shape index (κ1) is 8.31. The van der Waals surface area contributed by atoms with Crippen molar-refractivity contribution in [3.05, 3.63) is 11.1 Å². The lowest BCUT2D eigenvalue weighted by atomic mass is 9.70. The van der Waals surface area contributed by atoms with Gasteiger partial charge >= 0.3 is 0 Å². The molecule has 2 N–H and O–H groups in total. The second-order valence-electron chi connectivity index (χ2n) is 4.69. The van der Waals surface area contributed by atoms with Crippen LogP contribution in [0.2, 0.25) is 0 Å². The van der Waals surface area contributed by atoms with Crippen molar-refractivity contribution in [1.82, 2.24) is 0 Å². The van der Waals surface area contributed by atoms with Gasteiger partial charge in [-0.2, -0.15) is 0 Å². The summed E-state index contributed by atoms with van der Waals surface area (Å²) in [5, 5.41) is 0. The summed E-state index contributed by atoms with van der Waals surface area (Å²) >= 11 is 0. The SMILES string of the molecule is CC1=C2CC(CC1C)C[C@H](N)C2. The summed E-state index contributed by atoms with van der Waals surface area (Å²) in [5.41, 5.74) is 9.32. The quantitative estimate of drug-likeness (QED) is 0.548. The molecule has 1 heteroatoms. The molecule has 0 aromatic heterocycles. The molecule has 0 aromatic carbocycles. The topological polar surface area (TPSA) is 26.0 Å². The van der Waals surface area contributed by atoms with Gasteiger partial charge in [0.25, 0.3) is 0 Å². The van der Waals surface area contributed by atoms with Gasteiger partial charge in [-0.1, -0.05) is 18.1 Å². The second kappa shape index (κ2) is 2.88. The van der Waals surface area contributed by atoms with Gasteiger partial charge in [0.1, 0.15) is 0 Å². The highest BCUT2D eigenvalue weighted by atomic mass is 14.6. The molecule has 0 radical (unpaired) electrons. The minimum absolute atomic E-state index is 0.459. The summed E-state index contributed by atoms with van der Waals surface area (Å²) in [4.78, 5) is 0. The van der Waals surface area contributed by atoms with E-state index in [0.29, 0.717) is 6.04 Å². The minimum atomic E-state index is 0.459. The summed E-state index contributed by atoms with van der Waals surface area (Å²) in [7, 11) is 0. The third kappa shape index (κ3) is 1.31. The highest BCUT2D eigenvalue weighted by Crippen LogP contribution is 2.41. The van der Waals surface area contributed by atoms with Gasteiger partial charge in [-0.15, -0.1) is 0 Å². The van der Waals surface area contributed by atoms with Crippen molar-refractivity contribution in [1.29, 1.82) is 0 Å². The average Bonchev–Trinajstić information content (AvgIpc) is 1.99. The number of nitrogens with two attached hydrogens (primary N) is 1. The van der Waals surface area contributed by atoms with Crippen molar-refractivity contribution in [2.75, 3.05) is 0 Å². The van der Waals surface area contributed by atoms with Gasteiger partial charge in [-0.05, 0) is 44.4 Å². The molecule has 0 amide bonds. The van der Waals surface area contributed by atoms with E-state index in [4.69, 9.17) is 5.73 Å². The monoisotopic (exact) mass is 165 g/mol. The highest BCUT2D eigenvalue weighted by molar-refractivity contribution is 5.22. The number of fused-ring (bicyclic) bond motifs is 2. The van der Waals surface area contributed by atoms with Gasteiger partial charge in [-0.3, -0.25) is 0 Å². The number of allylic oxidation sites excluding steroid dienone is 1. The Labute approximate surface area is 75.0 Å². The van der Waals surface area contributed by atoms with Crippen LogP contribution in [0.15, 0.2) is 11.1 Å². The summed E-state index contributed by atoms with van der Waals surface area (Å²) in [6.45, 7) is 4.66. The largest absolute Gasteiger partial charge is 0.327 e. The Morgan fingerprint density at radius 2 is 2.00 bits per heavy atom. The number of hydrogen-bond donors (Lipinski definition) is 1. The molecule has 2 rings (SSSR count). The summed E-state index contributed by atoms with van der Waals surface area (Å²) in [6.07, 6.45) is 5.17. The third-order valence-corrected chi connectivity index (χ3v) is 3.66. The van der Waals surface area contributed by atoms with Crippen molar-refractivity contribution < 1.29 is 0 Å². The molecular formula is C11H19N. The standard InChI is InChI=1S/C11H19N/c1-7-3-9-4-10(8(7)2)6-11(12)5-9/h7,9,11H,3-6,12H2,1-2H3/t7?,9?,11-/m0/s1. The van der Waals surface area contributed by atoms with Crippen LogP contribution in [-0.4, -0.2) is 6.04 Å². The van der Waals surface area contributed by atoms with Gasteiger partial charge in [0.2, 0.25) is 0 Å². The van der Waals surface area contributed by atoms with Crippen LogP contribution >= 0.6 is 0 Å². The first-order valence-electron chi connectivity index (χ1n) is 5.11. The van der Waals surface area contributed by atoms with Crippen molar-refractivity contribution in [2.45, 2.75) is 45.6 Å². The van der Waals surface area contributed by atoms with Crippen molar-refractivity contribution in [3.8, 4) is 0 Å². The summed E-state index contributed by atoms with van der Waals surface area (Å²) in [6, 6.07) is 0.459. The molecule has 0 heterocycles. The fraction of sp³-hybridized carbons (Fsp3) is 0.818. The van der Waals surface area contributed by atoms with Crippen LogP contribution in [0.4, 0.5) is 0 Å². The van der Waals surface area contributed by atoms with Crippen LogP contribution in [0, 0.1) is 11.8 Å². The van der Waals surface area contributed by atoms with Crippen LogP contribution in [0.5, 0.6) is 0 Å². The lowest BCUT2D eigenvalue weighted by Gasteiger charge is -2.37. The molecule has 0 saturated heterocycles. The first-order valence-corrected chi connectivity index (χ1v) is 5.11. The van der Waals surface area contributed by atoms with Crippen LogP contribution in [0.25, 0.3) is 0 Å². The van der Waals surface area contributed by atoms with E-state index < -0.39 is 0 Å². The zero-order valence-electron chi connectivity index (χ0n) is 8.14. The fourth-order valence-corrected chi connectivity index (χ4v) is 2.87. The van der Waals surface area contributed by atoms with Crippen molar-refractivity contribution in [3.63, 3.8) is 0 Å². The highest BCUT2D eigenvalue weighted by Gasteiger charge is 2.30. The van der Waals surface area contributed by atoms with Gasteiger partial charge < -0.3 is 5.73 Å². The van der Waals surface area contributed by atoms with Crippen LogP contribution < -0.4 is 5.73 Å². The molecule has 12 heavy (non-hydrogen) atoms. The zero-order chi connectivity index (χ0) is 8.72. The third-order valence-electron chi connectivity index (χ3n) is 3.66. The predicted molar refractivity (Wildman–Crippen MR) is 51.8 cm³/mol. The fourth-order valence-electron chi connectivity index (χ4n) is 2.87. The summed E-state index contributed by atoms with van der Waals surface area (Å²) < 4.78 is 0. The van der Waals surface area contributed by atoms with E-state index in [2.05, 4.69) is 13.8 Å². The smallest absolute Gasteiger partial charge is 0.00789 e. The van der Waals surface area contributed by atoms with E-state index in [0.717, 1.165) is 11.8 Å². The Morgan fingerprint density at radius 3 is 2.75 bits per heavy atom. The summed E-state index contributed by atoms with van der Waals surface area (Å²) in [5.74, 6) is 1.73. The Kier molecular flexibility index (Phi) is 1.99. The molecule has 0 aromatic rings. The van der Waals surface area contributed by atoms with E-state index in [9.17, 15) is 0 Å². The van der Waals surface area contributed by atoms with Crippen molar-refractivity contribution >= 4 is 0 Å². The van der Waals surface area contributed by atoms with Crippen LogP contribution in [-0.2, 0) is 0 Å². The molecule has 0 aliphatic heterocycles. The van der Waals surface area contributed by atoms with Crippen LogP contribution in [0.3, 0.4) is 0 Å². The van der Waals surface area contributed by atoms with Crippen LogP contribution in [0.1, 0.15) is 39.5 Å². The number of rotatable bonds is 0. The zero-order valence-corrected chi connectivity index (χ0v) is 8.14. The Hall–Kier alpha value is -0.300. The Morgan fingerprint density at radius 1 is 1.25 bits per heavy atom. The molecule has 2 bridgehead atoms. The minimum Gasteiger partial charge on any atom is -0.327 e. The molecular weight excluding hydrogens is 146 g/mol. The molecule has 3 atom stereocenters. The lowest BCUT2D eigenvalue weighted by Crippen LogP contribution is -2.33. The van der Waals surface area contributed by atoms with E-state index in [1.807, 2.05) is 0 Å². The maximum absolute atomic E-state index is 6.00. The second-order valence-corrected chi connectivity index (χ2v) is 4.69. The van der Waals surface area contributed by atoms with Gasteiger partial charge in [-0.25, -0.2) is 0 Å². The predicted octanol–water partition coefficient (Wildman–Crippen LogP) is 2.47. The Bertz CT molecular complexity index is 217. The van der Waals surface area contributed by atoms with Gasteiger partial charge in [0.15, 0.2) is 0 Å². The molecule has 0 spiro atoms. The molecule has 1 nitrogen and oxygen atoms in total. The molecule has 68 valence electrons. The van der Waals surface area contributed by atoms with Gasteiger partial charge in [0, 0.05) is 6.04 Å². The molecule has 2 aliphatic carbocycles. The van der Waals surface area contributed by atoms with Crippen molar-refractivity contribution in [2.24, 2.45) is 17.6 Å². The number of hydrogen-bond acceptors (Lipinski definition) is 1. The maximum atomic E-state index is 6.00. The van der Waals surface area contributed by atoms with E-state index >= 15 is 0 Å². The lowest BCUT2D eigenvalue weighted by molar-refractivity contribution is 0.299. The first-order chi connectivity index (χ1) is 5.66.